The number of nitriles is 1. The molecule has 0 aliphatic carbocycles. The lowest BCUT2D eigenvalue weighted by atomic mass is 10.3. The van der Waals surface area contributed by atoms with Gasteiger partial charge in [-0.2, -0.15) is 10.4 Å². The molecule has 0 spiro atoms. The molecule has 0 radical (unpaired) electrons. The molecular weight excluding hydrogens is 320 g/mol. The van der Waals surface area contributed by atoms with E-state index in [-0.39, 0.29) is 12.1 Å². The van der Waals surface area contributed by atoms with Gasteiger partial charge in [0, 0.05) is 39.4 Å². The predicted molar refractivity (Wildman–Crippen MR) is 90.2 cm³/mol. The molecule has 9 heteroatoms. The number of anilines is 2. The van der Waals surface area contributed by atoms with Crippen molar-refractivity contribution in [3.05, 3.63) is 30.5 Å². The Balaban J connectivity index is 1.45. The van der Waals surface area contributed by atoms with E-state index in [9.17, 15) is 4.79 Å². The van der Waals surface area contributed by atoms with Crippen molar-refractivity contribution in [3.63, 3.8) is 0 Å². The predicted octanol–water partition coefficient (Wildman–Crippen LogP) is 0.868. The van der Waals surface area contributed by atoms with Crippen molar-refractivity contribution in [2.75, 3.05) is 43.0 Å². The topological polar surface area (TPSA) is 94.2 Å². The summed E-state index contributed by atoms with van der Waals surface area (Å²) in [4.78, 5) is 26.1. The van der Waals surface area contributed by atoms with E-state index < -0.39 is 0 Å². The summed E-state index contributed by atoms with van der Waals surface area (Å²) in [6.45, 7) is 3.05. The zero-order chi connectivity index (χ0) is 17.4. The summed E-state index contributed by atoms with van der Waals surface area (Å²) in [5, 5.41) is 13.3. The fourth-order valence-electron chi connectivity index (χ4n) is 3.26. The first-order valence-electron chi connectivity index (χ1n) is 8.19. The maximum absolute atomic E-state index is 12.1. The summed E-state index contributed by atoms with van der Waals surface area (Å²) in [6, 6.07) is 2.21. The Hall–Kier alpha value is -3.15. The maximum Gasteiger partial charge on any atom is 0.324 e. The average molecular weight is 338 g/mol. The molecular formula is C16H18N8O. The first-order valence-corrected chi connectivity index (χ1v) is 8.19. The largest absolute Gasteiger partial charge is 0.353 e. The zero-order valence-corrected chi connectivity index (χ0v) is 13.9. The Kier molecular flexibility index (Phi) is 3.72. The normalized spacial score (nSPS) is 20.4. The van der Waals surface area contributed by atoms with Crippen LogP contribution in [0.25, 0.3) is 0 Å². The van der Waals surface area contributed by atoms with Crippen molar-refractivity contribution in [1.29, 1.82) is 5.26 Å². The molecule has 2 saturated heterocycles. The van der Waals surface area contributed by atoms with E-state index in [0.717, 1.165) is 37.6 Å². The Bertz CT molecular complexity index is 823. The highest BCUT2D eigenvalue weighted by molar-refractivity contribution is 5.93. The van der Waals surface area contributed by atoms with Crippen LogP contribution in [0.15, 0.2) is 24.8 Å². The second-order valence-electron chi connectivity index (χ2n) is 6.29. The monoisotopic (exact) mass is 338 g/mol. The molecule has 2 aliphatic rings. The summed E-state index contributed by atoms with van der Waals surface area (Å²) in [6.07, 6.45) is 7.76. The first kappa shape index (κ1) is 15.4. The van der Waals surface area contributed by atoms with Crippen LogP contribution in [0.5, 0.6) is 0 Å². The minimum absolute atomic E-state index is 0.0143. The van der Waals surface area contributed by atoms with Gasteiger partial charge < -0.3 is 9.80 Å². The molecule has 0 aromatic carbocycles. The van der Waals surface area contributed by atoms with Crippen LogP contribution in [0.2, 0.25) is 0 Å². The average Bonchev–Trinajstić information content (AvgIpc) is 3.36. The molecule has 4 rings (SSSR count). The lowest BCUT2D eigenvalue weighted by Crippen LogP contribution is -2.28. The number of hydrogen-bond acceptors (Lipinski definition) is 6. The van der Waals surface area contributed by atoms with Crippen LogP contribution in [0.3, 0.4) is 0 Å². The van der Waals surface area contributed by atoms with Gasteiger partial charge in [-0.05, 0) is 6.42 Å². The second-order valence-corrected chi connectivity index (χ2v) is 6.29. The van der Waals surface area contributed by atoms with E-state index in [2.05, 4.69) is 20.0 Å². The van der Waals surface area contributed by atoms with Crippen LogP contribution in [0, 0.1) is 11.3 Å². The molecule has 128 valence electrons. The number of carbonyl (C=O) groups excluding carboxylic acids is 1. The van der Waals surface area contributed by atoms with Crippen molar-refractivity contribution in [2.45, 2.75) is 12.5 Å². The van der Waals surface area contributed by atoms with Gasteiger partial charge in [0.2, 0.25) is 0 Å². The van der Waals surface area contributed by atoms with Gasteiger partial charge in [-0.25, -0.2) is 14.8 Å². The van der Waals surface area contributed by atoms with Crippen LogP contribution in [0.4, 0.5) is 16.3 Å². The Labute approximate surface area is 145 Å². The van der Waals surface area contributed by atoms with E-state index in [4.69, 9.17) is 5.26 Å². The maximum atomic E-state index is 12.1. The van der Waals surface area contributed by atoms with Crippen LogP contribution in [-0.2, 0) is 0 Å². The summed E-state index contributed by atoms with van der Waals surface area (Å²) in [5.74, 6) is 0.769. The summed E-state index contributed by atoms with van der Waals surface area (Å²) < 4.78 is 1.93. The van der Waals surface area contributed by atoms with Crippen LogP contribution in [0.1, 0.15) is 18.2 Å². The van der Waals surface area contributed by atoms with Crippen molar-refractivity contribution in [2.24, 2.45) is 0 Å². The number of amides is 2. The quantitative estimate of drug-likeness (QED) is 0.824. The lowest BCUT2D eigenvalue weighted by molar-refractivity contribution is 0.229. The highest BCUT2D eigenvalue weighted by Crippen LogP contribution is 2.27. The smallest absolute Gasteiger partial charge is 0.324 e. The third kappa shape index (κ3) is 2.76. The fourth-order valence-corrected chi connectivity index (χ4v) is 3.26. The molecule has 9 nitrogen and oxygen atoms in total. The van der Waals surface area contributed by atoms with Gasteiger partial charge in [-0.1, -0.05) is 0 Å². The molecule has 1 unspecified atom stereocenters. The van der Waals surface area contributed by atoms with Gasteiger partial charge in [0.15, 0.2) is 5.69 Å². The highest BCUT2D eigenvalue weighted by Gasteiger charge is 2.30. The van der Waals surface area contributed by atoms with Gasteiger partial charge in [0.05, 0.1) is 30.3 Å². The van der Waals surface area contributed by atoms with Gasteiger partial charge in [0.1, 0.15) is 11.9 Å². The number of hydrogen-bond donors (Lipinski definition) is 0. The summed E-state index contributed by atoms with van der Waals surface area (Å²) in [5.41, 5.74) is 1.16. The molecule has 25 heavy (non-hydrogen) atoms. The van der Waals surface area contributed by atoms with Gasteiger partial charge in [-0.15, -0.1) is 0 Å². The number of urea groups is 1. The second kappa shape index (κ2) is 6.05. The van der Waals surface area contributed by atoms with Gasteiger partial charge >= 0.3 is 6.03 Å². The minimum atomic E-state index is 0.0143. The van der Waals surface area contributed by atoms with Crippen molar-refractivity contribution in [1.82, 2.24) is 24.6 Å². The Morgan fingerprint density at radius 3 is 2.76 bits per heavy atom. The van der Waals surface area contributed by atoms with E-state index in [1.165, 1.54) is 6.20 Å². The van der Waals surface area contributed by atoms with Crippen LogP contribution in [-0.4, -0.2) is 63.9 Å². The van der Waals surface area contributed by atoms with Crippen LogP contribution >= 0.6 is 0 Å². The van der Waals surface area contributed by atoms with E-state index in [1.54, 1.807) is 29.2 Å². The third-order valence-corrected chi connectivity index (χ3v) is 4.73. The highest BCUT2D eigenvalue weighted by atomic mass is 16.2. The van der Waals surface area contributed by atoms with E-state index in [1.807, 2.05) is 16.9 Å². The molecule has 0 saturated carbocycles. The molecule has 2 aromatic rings. The zero-order valence-electron chi connectivity index (χ0n) is 13.9. The van der Waals surface area contributed by atoms with Crippen molar-refractivity contribution >= 4 is 17.5 Å². The third-order valence-electron chi connectivity index (χ3n) is 4.73. The summed E-state index contributed by atoms with van der Waals surface area (Å²) >= 11 is 0. The van der Waals surface area contributed by atoms with E-state index >= 15 is 0 Å². The molecule has 2 aromatic heterocycles. The Morgan fingerprint density at radius 1 is 1.20 bits per heavy atom. The molecule has 4 heterocycles. The fraction of sp³-hybridized carbons (Fsp3) is 0.438. The standard InChI is InChI=1S/C16H18N8O/c1-21-4-5-23(16(21)25)14-8-20-24(11-14)13-2-3-22(10-13)15-9-18-12(6-17)7-19-15/h7-9,11,13H,2-5,10H2,1H3. The number of aromatic nitrogens is 4. The minimum Gasteiger partial charge on any atom is -0.353 e. The molecule has 1 atom stereocenters. The number of nitrogens with zero attached hydrogens (tertiary/aromatic N) is 8. The summed E-state index contributed by atoms with van der Waals surface area (Å²) in [7, 11) is 1.81. The molecule has 2 fully saturated rings. The SMILES string of the molecule is CN1CCN(c2cnn(C3CCN(c4cnc(C#N)cn4)C3)c2)C1=O. The van der Waals surface area contributed by atoms with Crippen molar-refractivity contribution < 1.29 is 4.79 Å². The molecule has 2 amide bonds. The number of carbonyl (C=O) groups is 1. The van der Waals surface area contributed by atoms with Gasteiger partial charge in [-0.3, -0.25) is 9.58 Å². The van der Waals surface area contributed by atoms with Crippen molar-refractivity contribution in [3.8, 4) is 6.07 Å². The van der Waals surface area contributed by atoms with Crippen LogP contribution < -0.4 is 9.80 Å². The lowest BCUT2D eigenvalue weighted by Gasteiger charge is -2.17. The number of likely N-dealkylation sites (N-methyl/N-ethyl adjacent to an activating group) is 1. The van der Waals surface area contributed by atoms with E-state index in [0.29, 0.717) is 12.2 Å². The first-order chi connectivity index (χ1) is 12.2. The number of rotatable bonds is 3. The molecule has 2 aliphatic heterocycles. The Morgan fingerprint density at radius 2 is 2.08 bits per heavy atom. The molecule has 0 N–H and O–H groups in total. The van der Waals surface area contributed by atoms with Gasteiger partial charge in [0.25, 0.3) is 0 Å². The molecule has 0 bridgehead atoms.